The topological polar surface area (TPSA) is 85.6 Å². The van der Waals surface area contributed by atoms with E-state index in [-0.39, 0.29) is 18.5 Å². The maximum Gasteiger partial charge on any atom is 0.315 e. The molecule has 0 N–H and O–H groups in total. The molecule has 0 spiro atoms. The standard InChI is InChI=1S/C32H34ClNO5/c1-23(2)31(25-15-17-27(33)18-16-25)32(36)39-29(21-34)26-12-9-13-28(20-26)37-19-8-4-7-14-30(35)38-22-24-10-5-3-6-11-24/h3,5-6,9-13,15-18,20,23,29,31H,4,7-8,14,19,22H2,1-2H3. The summed E-state index contributed by atoms with van der Waals surface area (Å²) in [5.41, 5.74) is 2.30. The van der Waals surface area contributed by atoms with Crippen LogP contribution < -0.4 is 4.74 Å². The predicted octanol–water partition coefficient (Wildman–Crippen LogP) is 7.57. The van der Waals surface area contributed by atoms with Gasteiger partial charge in [-0.05, 0) is 60.6 Å². The molecule has 0 fully saturated rings. The van der Waals surface area contributed by atoms with Crippen LogP contribution in [0.15, 0.2) is 78.9 Å². The average Bonchev–Trinajstić information content (AvgIpc) is 2.94. The van der Waals surface area contributed by atoms with Crippen LogP contribution in [0.5, 0.6) is 5.75 Å². The van der Waals surface area contributed by atoms with Crippen LogP contribution in [0, 0.1) is 17.2 Å². The summed E-state index contributed by atoms with van der Waals surface area (Å²) < 4.78 is 16.8. The highest BCUT2D eigenvalue weighted by atomic mass is 35.5. The van der Waals surface area contributed by atoms with Gasteiger partial charge >= 0.3 is 11.9 Å². The van der Waals surface area contributed by atoms with Crippen molar-refractivity contribution in [3.05, 3.63) is 101 Å². The first-order chi connectivity index (χ1) is 18.9. The second-order valence-corrected chi connectivity index (χ2v) is 10.0. The number of nitrogens with zero attached hydrogens (tertiary/aromatic N) is 1. The average molecular weight is 548 g/mol. The molecule has 204 valence electrons. The molecule has 0 bridgehead atoms. The zero-order chi connectivity index (χ0) is 28.0. The number of hydrogen-bond acceptors (Lipinski definition) is 6. The van der Waals surface area contributed by atoms with E-state index >= 15 is 0 Å². The Morgan fingerprint density at radius 2 is 1.64 bits per heavy atom. The summed E-state index contributed by atoms with van der Waals surface area (Å²) in [6, 6.07) is 25.8. The van der Waals surface area contributed by atoms with Crippen molar-refractivity contribution in [1.29, 1.82) is 5.26 Å². The first kappa shape index (κ1) is 29.7. The Balaban J connectivity index is 1.44. The number of ether oxygens (including phenoxy) is 3. The number of nitriles is 1. The van der Waals surface area contributed by atoms with Crippen molar-refractivity contribution in [3.8, 4) is 11.8 Å². The molecule has 0 radical (unpaired) electrons. The Morgan fingerprint density at radius 1 is 0.897 bits per heavy atom. The molecule has 0 amide bonds. The van der Waals surface area contributed by atoms with E-state index in [1.807, 2.05) is 44.2 Å². The molecule has 0 aliphatic rings. The molecule has 0 aromatic heterocycles. The van der Waals surface area contributed by atoms with Gasteiger partial charge in [-0.25, -0.2) is 0 Å². The largest absolute Gasteiger partial charge is 0.494 e. The third-order valence-corrected chi connectivity index (χ3v) is 6.45. The van der Waals surface area contributed by atoms with E-state index in [0.29, 0.717) is 35.8 Å². The van der Waals surface area contributed by atoms with Gasteiger partial charge in [0.05, 0.1) is 12.5 Å². The van der Waals surface area contributed by atoms with Crippen molar-refractivity contribution in [2.75, 3.05) is 6.61 Å². The molecule has 2 atom stereocenters. The quantitative estimate of drug-likeness (QED) is 0.153. The lowest BCUT2D eigenvalue weighted by atomic mass is 9.88. The number of esters is 2. The summed E-state index contributed by atoms with van der Waals surface area (Å²) in [7, 11) is 0. The van der Waals surface area contributed by atoms with Gasteiger partial charge in [0.1, 0.15) is 18.4 Å². The summed E-state index contributed by atoms with van der Waals surface area (Å²) in [5, 5.41) is 10.3. The summed E-state index contributed by atoms with van der Waals surface area (Å²) in [4.78, 5) is 25.0. The molecule has 0 aliphatic heterocycles. The number of unbranched alkanes of at least 4 members (excludes halogenated alkanes) is 2. The number of carbonyl (C=O) groups is 2. The van der Waals surface area contributed by atoms with Crippen LogP contribution in [0.1, 0.15) is 68.2 Å². The van der Waals surface area contributed by atoms with E-state index in [1.165, 1.54) is 0 Å². The van der Waals surface area contributed by atoms with Gasteiger partial charge in [-0.15, -0.1) is 0 Å². The number of carbonyl (C=O) groups excluding carboxylic acids is 2. The fraction of sp³-hybridized carbons (Fsp3) is 0.344. The Labute approximate surface area is 235 Å². The molecule has 0 saturated carbocycles. The van der Waals surface area contributed by atoms with E-state index in [9.17, 15) is 14.9 Å². The predicted molar refractivity (Wildman–Crippen MR) is 150 cm³/mol. The maximum atomic E-state index is 13.1. The van der Waals surface area contributed by atoms with Crippen molar-refractivity contribution >= 4 is 23.5 Å². The third-order valence-electron chi connectivity index (χ3n) is 6.20. The molecular weight excluding hydrogens is 514 g/mol. The van der Waals surface area contributed by atoms with Crippen LogP contribution >= 0.6 is 11.6 Å². The van der Waals surface area contributed by atoms with Gasteiger partial charge in [0, 0.05) is 17.0 Å². The fourth-order valence-corrected chi connectivity index (χ4v) is 4.26. The SMILES string of the molecule is CC(C)C(C(=O)OC(C#N)c1cccc(OCCCCCC(=O)OCc2ccccc2)c1)c1ccc(Cl)cc1. The van der Waals surface area contributed by atoms with Crippen LogP contribution in [-0.2, 0) is 25.7 Å². The van der Waals surface area contributed by atoms with Crippen molar-refractivity contribution in [1.82, 2.24) is 0 Å². The highest BCUT2D eigenvalue weighted by Crippen LogP contribution is 2.30. The van der Waals surface area contributed by atoms with Crippen molar-refractivity contribution in [2.45, 2.75) is 58.2 Å². The lowest BCUT2D eigenvalue weighted by Crippen LogP contribution is -2.22. The zero-order valence-electron chi connectivity index (χ0n) is 22.3. The summed E-state index contributed by atoms with van der Waals surface area (Å²) in [6.07, 6.45) is 1.61. The first-order valence-electron chi connectivity index (χ1n) is 13.1. The van der Waals surface area contributed by atoms with Gasteiger partial charge < -0.3 is 14.2 Å². The zero-order valence-corrected chi connectivity index (χ0v) is 23.1. The minimum absolute atomic E-state index is 0.0293. The van der Waals surface area contributed by atoms with Crippen LogP contribution in [0.25, 0.3) is 0 Å². The van der Waals surface area contributed by atoms with Crippen molar-refractivity contribution in [3.63, 3.8) is 0 Å². The number of halogens is 1. The number of rotatable bonds is 14. The van der Waals surface area contributed by atoms with Crippen LogP contribution in [0.4, 0.5) is 0 Å². The second-order valence-electron chi connectivity index (χ2n) is 9.60. The Kier molecular flexibility index (Phi) is 11.9. The summed E-state index contributed by atoms with van der Waals surface area (Å²) >= 11 is 5.99. The Morgan fingerprint density at radius 3 is 2.33 bits per heavy atom. The molecule has 7 heteroatoms. The first-order valence-corrected chi connectivity index (χ1v) is 13.5. The van der Waals surface area contributed by atoms with Gasteiger partial charge in [0.25, 0.3) is 0 Å². The fourth-order valence-electron chi connectivity index (χ4n) is 4.14. The molecule has 3 aromatic carbocycles. The molecule has 3 rings (SSSR count). The molecule has 3 aromatic rings. The number of hydrogen-bond donors (Lipinski definition) is 0. The maximum absolute atomic E-state index is 13.1. The molecular formula is C32H34ClNO5. The van der Waals surface area contributed by atoms with Crippen LogP contribution in [0.3, 0.4) is 0 Å². The lowest BCUT2D eigenvalue weighted by Gasteiger charge is -2.22. The van der Waals surface area contributed by atoms with Gasteiger partial charge in [0.2, 0.25) is 6.10 Å². The van der Waals surface area contributed by atoms with Crippen LogP contribution in [0.2, 0.25) is 5.02 Å². The normalized spacial score (nSPS) is 12.3. The van der Waals surface area contributed by atoms with Crippen LogP contribution in [-0.4, -0.2) is 18.5 Å². The molecule has 39 heavy (non-hydrogen) atoms. The molecule has 0 aliphatic carbocycles. The minimum atomic E-state index is -1.06. The van der Waals surface area contributed by atoms with Gasteiger partial charge in [-0.3, -0.25) is 9.59 Å². The highest BCUT2D eigenvalue weighted by Gasteiger charge is 2.29. The molecule has 0 heterocycles. The van der Waals surface area contributed by atoms with E-state index < -0.39 is 18.0 Å². The van der Waals surface area contributed by atoms with E-state index in [0.717, 1.165) is 24.0 Å². The smallest absolute Gasteiger partial charge is 0.315 e. The molecule has 0 saturated heterocycles. The van der Waals surface area contributed by atoms with Crippen molar-refractivity contribution in [2.24, 2.45) is 5.92 Å². The van der Waals surface area contributed by atoms with Crippen molar-refractivity contribution < 1.29 is 23.8 Å². The minimum Gasteiger partial charge on any atom is -0.494 e. The highest BCUT2D eigenvalue weighted by molar-refractivity contribution is 6.30. The molecule has 6 nitrogen and oxygen atoms in total. The number of benzene rings is 3. The monoisotopic (exact) mass is 547 g/mol. The Bertz CT molecular complexity index is 1240. The molecule has 2 unspecified atom stereocenters. The van der Waals surface area contributed by atoms with Gasteiger partial charge in [-0.1, -0.05) is 80.0 Å². The van der Waals surface area contributed by atoms with Gasteiger partial charge in [-0.2, -0.15) is 5.26 Å². The summed E-state index contributed by atoms with van der Waals surface area (Å²) in [5.74, 6) is -0.636. The summed E-state index contributed by atoms with van der Waals surface area (Å²) in [6.45, 7) is 4.62. The van der Waals surface area contributed by atoms with E-state index in [2.05, 4.69) is 6.07 Å². The van der Waals surface area contributed by atoms with E-state index in [4.69, 9.17) is 25.8 Å². The lowest BCUT2D eigenvalue weighted by molar-refractivity contribution is -0.150. The third kappa shape index (κ3) is 9.77. The van der Waals surface area contributed by atoms with E-state index in [1.54, 1.807) is 48.5 Å². The Hall–Kier alpha value is -3.82. The second kappa shape index (κ2) is 15.6. The van der Waals surface area contributed by atoms with Gasteiger partial charge in [0.15, 0.2) is 0 Å².